The number of rotatable bonds is 5. The fourth-order valence-electron chi connectivity index (χ4n) is 4.37. The highest BCUT2D eigenvalue weighted by Crippen LogP contribution is 2.36. The number of nitrogens with one attached hydrogen (secondary N) is 1. The number of carbonyl (C=O) groups is 2. The van der Waals surface area contributed by atoms with Crippen LogP contribution in [0, 0.1) is 0 Å². The van der Waals surface area contributed by atoms with E-state index in [-0.39, 0.29) is 11.7 Å². The number of halogens is 1. The van der Waals surface area contributed by atoms with Crippen molar-refractivity contribution in [3.8, 4) is 0 Å². The van der Waals surface area contributed by atoms with E-state index in [1.54, 1.807) is 20.8 Å². The van der Waals surface area contributed by atoms with Gasteiger partial charge in [0.25, 0.3) is 5.91 Å². The smallest absolute Gasteiger partial charge is 0.417 e. The molecule has 0 aliphatic carbocycles. The van der Waals surface area contributed by atoms with Gasteiger partial charge in [-0.15, -0.1) is 0 Å². The van der Waals surface area contributed by atoms with Gasteiger partial charge in [-0.05, 0) is 65.3 Å². The van der Waals surface area contributed by atoms with Gasteiger partial charge in [-0.25, -0.2) is 19.7 Å². The Morgan fingerprint density at radius 2 is 2.00 bits per heavy atom. The monoisotopic (exact) mass is 501 g/mol. The fraction of sp³-hybridized carbons (Fsp3) is 0.520. The zero-order chi connectivity index (χ0) is 25.3. The molecule has 0 radical (unpaired) electrons. The van der Waals surface area contributed by atoms with Crippen molar-refractivity contribution >= 4 is 35.1 Å². The zero-order valence-electron chi connectivity index (χ0n) is 20.9. The summed E-state index contributed by atoms with van der Waals surface area (Å²) in [5, 5.41) is 3.42. The fourth-order valence-corrected chi connectivity index (χ4v) is 4.57. The first kappa shape index (κ1) is 25.3. The summed E-state index contributed by atoms with van der Waals surface area (Å²) in [4.78, 5) is 38.1. The molecule has 9 nitrogen and oxygen atoms in total. The van der Waals surface area contributed by atoms with Crippen molar-refractivity contribution in [3.63, 3.8) is 0 Å². The molecule has 0 aromatic carbocycles. The quantitative estimate of drug-likeness (QED) is 0.588. The second-order valence-corrected chi connectivity index (χ2v) is 10.5. The van der Waals surface area contributed by atoms with E-state index >= 15 is 0 Å². The number of amides is 2. The summed E-state index contributed by atoms with van der Waals surface area (Å²) < 4.78 is 10.9. The number of nitrogens with zero attached hydrogens (tertiary/aromatic N) is 4. The second kappa shape index (κ2) is 10.1. The van der Waals surface area contributed by atoms with Crippen LogP contribution in [0.25, 0.3) is 0 Å². The van der Waals surface area contributed by atoms with E-state index < -0.39 is 17.6 Å². The van der Waals surface area contributed by atoms with E-state index in [0.717, 1.165) is 36.6 Å². The standard InChI is InChI=1S/C25H32ClN5O4/c1-25(2,3)35-24(33)31-13-17-21(23(31)32)18(12-27-22(17)26)28-20-7-6-16(15-8-10-34-11-9-15)19(29-20)14-30(4)5/h6-7,12,15H,8-11,13-14H2,1-5H3,(H,28,29). The molecule has 2 aromatic rings. The predicted octanol–water partition coefficient (Wildman–Crippen LogP) is 4.72. The third kappa shape index (κ3) is 5.74. The summed E-state index contributed by atoms with van der Waals surface area (Å²) in [5.74, 6) is 0.520. The third-order valence-corrected chi connectivity index (χ3v) is 6.24. The number of pyridine rings is 2. The molecule has 1 saturated heterocycles. The highest BCUT2D eigenvalue weighted by molar-refractivity contribution is 6.31. The Balaban J connectivity index is 1.63. The SMILES string of the molecule is CN(C)Cc1nc(Nc2cnc(Cl)c3c2C(=O)N(C(=O)OC(C)(C)C)C3)ccc1C1CCOCC1. The zero-order valence-corrected chi connectivity index (χ0v) is 21.6. The number of carbonyl (C=O) groups excluding carboxylic acids is 2. The van der Waals surface area contributed by atoms with Crippen molar-refractivity contribution in [3.05, 3.63) is 45.9 Å². The van der Waals surface area contributed by atoms with E-state index in [1.165, 1.54) is 11.8 Å². The molecule has 2 amide bonds. The van der Waals surface area contributed by atoms with E-state index in [1.807, 2.05) is 20.2 Å². The molecule has 10 heteroatoms. The van der Waals surface area contributed by atoms with Crippen LogP contribution >= 0.6 is 11.6 Å². The number of aromatic nitrogens is 2. The van der Waals surface area contributed by atoms with Crippen LogP contribution in [0.1, 0.15) is 66.7 Å². The van der Waals surface area contributed by atoms with Crippen molar-refractivity contribution < 1.29 is 19.1 Å². The van der Waals surface area contributed by atoms with Gasteiger partial charge in [-0.2, -0.15) is 0 Å². The van der Waals surface area contributed by atoms with Gasteiger partial charge in [0.1, 0.15) is 16.6 Å². The van der Waals surface area contributed by atoms with Gasteiger partial charge in [0.05, 0.1) is 29.7 Å². The summed E-state index contributed by atoms with van der Waals surface area (Å²) in [5.41, 5.74) is 2.71. The lowest BCUT2D eigenvalue weighted by atomic mass is 9.90. The van der Waals surface area contributed by atoms with Crippen molar-refractivity contribution in [2.24, 2.45) is 0 Å². The Morgan fingerprint density at radius 1 is 1.29 bits per heavy atom. The second-order valence-electron chi connectivity index (χ2n) is 10.2. The molecular formula is C25H32ClN5O4. The van der Waals surface area contributed by atoms with Gasteiger partial charge in [0.15, 0.2) is 0 Å². The molecule has 0 atom stereocenters. The van der Waals surface area contributed by atoms with Crippen molar-refractivity contribution in [2.45, 2.75) is 58.2 Å². The lowest BCUT2D eigenvalue weighted by Crippen LogP contribution is -2.37. The molecule has 188 valence electrons. The molecule has 0 unspecified atom stereocenters. The summed E-state index contributed by atoms with van der Waals surface area (Å²) in [6.45, 7) is 7.45. The summed E-state index contributed by atoms with van der Waals surface area (Å²) in [6, 6.07) is 4.01. The topological polar surface area (TPSA) is 96.9 Å². The highest BCUT2D eigenvalue weighted by Gasteiger charge is 2.38. The molecule has 4 heterocycles. The molecule has 2 aliphatic rings. The van der Waals surface area contributed by atoms with Crippen molar-refractivity contribution in [1.82, 2.24) is 19.8 Å². The maximum absolute atomic E-state index is 13.2. The van der Waals surface area contributed by atoms with Crippen LogP contribution in [0.4, 0.5) is 16.3 Å². The Kier molecular flexibility index (Phi) is 7.30. The Labute approximate surface area is 210 Å². The van der Waals surface area contributed by atoms with E-state index in [2.05, 4.69) is 21.3 Å². The Morgan fingerprint density at radius 3 is 2.66 bits per heavy atom. The molecule has 2 aromatic heterocycles. The minimum Gasteiger partial charge on any atom is -0.443 e. The van der Waals surface area contributed by atoms with Gasteiger partial charge in [-0.3, -0.25) is 4.79 Å². The molecule has 1 N–H and O–H groups in total. The molecule has 2 aliphatic heterocycles. The number of imide groups is 1. The molecule has 1 fully saturated rings. The maximum atomic E-state index is 13.2. The van der Waals surface area contributed by atoms with Gasteiger partial charge in [0.2, 0.25) is 0 Å². The molecule has 0 saturated carbocycles. The molecule has 35 heavy (non-hydrogen) atoms. The molecule has 0 spiro atoms. The normalized spacial score (nSPS) is 16.5. The highest BCUT2D eigenvalue weighted by atomic mass is 35.5. The van der Waals surface area contributed by atoms with Crippen LogP contribution in [0.3, 0.4) is 0 Å². The Hall–Kier alpha value is -2.75. The first-order valence-electron chi connectivity index (χ1n) is 11.7. The van der Waals surface area contributed by atoms with Crippen molar-refractivity contribution in [2.75, 3.05) is 32.6 Å². The van der Waals surface area contributed by atoms with Crippen LogP contribution in [0.2, 0.25) is 5.15 Å². The van der Waals surface area contributed by atoms with E-state index in [4.69, 9.17) is 26.1 Å². The van der Waals surface area contributed by atoms with Crippen molar-refractivity contribution in [1.29, 1.82) is 0 Å². The summed E-state index contributed by atoms with van der Waals surface area (Å²) >= 11 is 6.30. The van der Waals surface area contributed by atoms with Gasteiger partial charge < -0.3 is 19.7 Å². The average molecular weight is 502 g/mol. The van der Waals surface area contributed by atoms with E-state index in [9.17, 15) is 9.59 Å². The lowest BCUT2D eigenvalue weighted by molar-refractivity contribution is 0.0248. The molecule has 4 rings (SSSR count). The minimum absolute atomic E-state index is 0.00638. The summed E-state index contributed by atoms with van der Waals surface area (Å²) in [7, 11) is 4.02. The number of ether oxygens (including phenoxy) is 2. The van der Waals surface area contributed by atoms with Crippen LogP contribution in [-0.2, 0) is 22.6 Å². The molecular weight excluding hydrogens is 470 g/mol. The van der Waals surface area contributed by atoms with E-state index in [0.29, 0.717) is 35.1 Å². The average Bonchev–Trinajstić information content (AvgIpc) is 3.13. The number of anilines is 2. The third-order valence-electron chi connectivity index (χ3n) is 5.92. The molecule has 0 bridgehead atoms. The first-order valence-corrected chi connectivity index (χ1v) is 12.1. The largest absolute Gasteiger partial charge is 0.443 e. The number of fused-ring (bicyclic) bond motifs is 1. The maximum Gasteiger partial charge on any atom is 0.417 e. The lowest BCUT2D eigenvalue weighted by Gasteiger charge is -2.25. The number of hydrogen-bond acceptors (Lipinski definition) is 8. The van der Waals surface area contributed by atoms with Crippen LogP contribution in [-0.4, -0.2) is 64.7 Å². The summed E-state index contributed by atoms with van der Waals surface area (Å²) in [6.07, 6.45) is 2.72. The van der Waals surface area contributed by atoms with Gasteiger partial charge >= 0.3 is 6.09 Å². The first-order chi connectivity index (χ1) is 16.5. The van der Waals surface area contributed by atoms with Crippen LogP contribution < -0.4 is 5.32 Å². The van der Waals surface area contributed by atoms with Gasteiger partial charge in [-0.1, -0.05) is 17.7 Å². The Bertz CT molecular complexity index is 1130. The number of hydrogen-bond donors (Lipinski definition) is 1. The van der Waals surface area contributed by atoms with Crippen LogP contribution in [0.15, 0.2) is 18.3 Å². The minimum atomic E-state index is -0.728. The predicted molar refractivity (Wildman–Crippen MR) is 133 cm³/mol. The van der Waals surface area contributed by atoms with Crippen LogP contribution in [0.5, 0.6) is 0 Å². The van der Waals surface area contributed by atoms with Gasteiger partial charge in [0, 0.05) is 25.3 Å².